The maximum Gasteiger partial charge on any atom is 0.410 e. The van der Waals surface area contributed by atoms with E-state index in [-0.39, 0.29) is 6.09 Å². The molecule has 2 aromatic rings. The Morgan fingerprint density at radius 3 is 3.16 bits per heavy atom. The van der Waals surface area contributed by atoms with Gasteiger partial charge in [-0.1, -0.05) is 0 Å². The number of nitrogens with zero attached hydrogens (tertiary/aromatic N) is 1. The van der Waals surface area contributed by atoms with Crippen molar-refractivity contribution >= 4 is 39.6 Å². The Bertz CT molecular complexity index is 636. The minimum atomic E-state index is -0.215. The average molecular weight is 370 g/mol. The van der Waals surface area contributed by atoms with Crippen LogP contribution in [0.25, 0.3) is 10.9 Å². The van der Waals surface area contributed by atoms with E-state index in [4.69, 9.17) is 4.74 Å². The van der Waals surface area contributed by atoms with E-state index in [0.717, 1.165) is 18.5 Å². The molecule has 0 aliphatic carbocycles. The SMILES string of the molecule is CCOC(=O)N1CCc2[nH]c3ccc(I)cc3c2C1. The predicted octanol–water partition coefficient (Wildman–Crippen LogP) is 3.29. The lowest BCUT2D eigenvalue weighted by Crippen LogP contribution is -2.36. The highest BCUT2D eigenvalue weighted by molar-refractivity contribution is 14.1. The fraction of sp³-hybridized carbons (Fsp3) is 0.357. The lowest BCUT2D eigenvalue weighted by atomic mass is 10.1. The summed E-state index contributed by atoms with van der Waals surface area (Å²) in [6, 6.07) is 6.36. The van der Waals surface area contributed by atoms with Crippen LogP contribution in [-0.2, 0) is 17.7 Å². The first kappa shape index (κ1) is 12.8. The molecule has 4 nitrogen and oxygen atoms in total. The standard InChI is InChI=1S/C14H15IN2O2/c1-2-19-14(18)17-6-5-13-11(8-17)10-7-9(15)3-4-12(10)16-13/h3-4,7,16H,2,5-6,8H2,1H3. The summed E-state index contributed by atoms with van der Waals surface area (Å²) in [5.74, 6) is 0. The van der Waals surface area contributed by atoms with Crippen LogP contribution in [0.3, 0.4) is 0 Å². The Kier molecular flexibility index (Phi) is 3.38. The summed E-state index contributed by atoms with van der Waals surface area (Å²) in [6.45, 7) is 3.61. The van der Waals surface area contributed by atoms with Crippen molar-refractivity contribution < 1.29 is 9.53 Å². The largest absolute Gasteiger partial charge is 0.450 e. The van der Waals surface area contributed by atoms with Crippen LogP contribution in [0, 0.1) is 3.57 Å². The van der Waals surface area contributed by atoms with Gasteiger partial charge in [-0.2, -0.15) is 0 Å². The molecule has 0 fully saturated rings. The number of halogens is 1. The highest BCUT2D eigenvalue weighted by atomic mass is 127. The first-order valence-corrected chi connectivity index (χ1v) is 7.47. The van der Waals surface area contributed by atoms with Crippen molar-refractivity contribution in [2.45, 2.75) is 19.9 Å². The molecular weight excluding hydrogens is 355 g/mol. The summed E-state index contributed by atoms with van der Waals surface area (Å²) in [4.78, 5) is 17.1. The van der Waals surface area contributed by atoms with E-state index in [1.807, 2.05) is 6.92 Å². The van der Waals surface area contributed by atoms with E-state index in [9.17, 15) is 4.79 Å². The minimum absolute atomic E-state index is 0.215. The molecule has 100 valence electrons. The van der Waals surface area contributed by atoms with Gasteiger partial charge < -0.3 is 14.6 Å². The number of carbonyl (C=O) groups excluding carboxylic acids is 1. The number of amides is 1. The highest BCUT2D eigenvalue weighted by Crippen LogP contribution is 2.29. The number of hydrogen-bond donors (Lipinski definition) is 1. The molecule has 2 heterocycles. The second kappa shape index (κ2) is 5.03. The molecule has 0 spiro atoms. The van der Waals surface area contributed by atoms with Crippen molar-refractivity contribution in [3.05, 3.63) is 33.0 Å². The summed E-state index contributed by atoms with van der Waals surface area (Å²) in [5, 5.41) is 1.22. The number of nitrogens with one attached hydrogen (secondary N) is 1. The number of benzene rings is 1. The number of ether oxygens (including phenoxy) is 1. The Morgan fingerprint density at radius 1 is 1.53 bits per heavy atom. The van der Waals surface area contributed by atoms with Crippen LogP contribution in [0.15, 0.2) is 18.2 Å². The molecular formula is C14H15IN2O2. The monoisotopic (exact) mass is 370 g/mol. The van der Waals surface area contributed by atoms with Gasteiger partial charge >= 0.3 is 6.09 Å². The molecule has 1 aromatic heterocycles. The second-order valence-corrected chi connectivity index (χ2v) is 5.89. The summed E-state index contributed by atoms with van der Waals surface area (Å²) >= 11 is 2.31. The van der Waals surface area contributed by atoms with Gasteiger partial charge in [-0.15, -0.1) is 0 Å². The van der Waals surface area contributed by atoms with Crippen LogP contribution >= 0.6 is 22.6 Å². The lowest BCUT2D eigenvalue weighted by Gasteiger charge is -2.26. The quantitative estimate of drug-likeness (QED) is 0.784. The van der Waals surface area contributed by atoms with Crippen LogP contribution < -0.4 is 0 Å². The topological polar surface area (TPSA) is 45.3 Å². The van der Waals surface area contributed by atoms with Gasteiger partial charge in [-0.05, 0) is 47.7 Å². The second-order valence-electron chi connectivity index (χ2n) is 4.64. The zero-order valence-electron chi connectivity index (χ0n) is 10.7. The Labute approximate surface area is 125 Å². The van der Waals surface area contributed by atoms with E-state index in [1.54, 1.807) is 4.90 Å². The van der Waals surface area contributed by atoms with Gasteiger partial charge in [-0.3, -0.25) is 0 Å². The van der Waals surface area contributed by atoms with Gasteiger partial charge in [0.1, 0.15) is 0 Å². The van der Waals surface area contributed by atoms with Crippen LogP contribution in [0.2, 0.25) is 0 Å². The number of H-pyrrole nitrogens is 1. The fourth-order valence-electron chi connectivity index (χ4n) is 2.56. The Morgan fingerprint density at radius 2 is 2.37 bits per heavy atom. The first-order chi connectivity index (χ1) is 9.19. The van der Waals surface area contributed by atoms with Gasteiger partial charge in [0, 0.05) is 38.7 Å². The maximum atomic E-state index is 11.8. The van der Waals surface area contributed by atoms with Crippen molar-refractivity contribution in [2.75, 3.05) is 13.2 Å². The molecule has 0 radical (unpaired) electrons. The molecule has 1 aliphatic heterocycles. The van der Waals surface area contributed by atoms with Crippen molar-refractivity contribution in [1.29, 1.82) is 0 Å². The minimum Gasteiger partial charge on any atom is -0.450 e. The van der Waals surface area contributed by atoms with E-state index in [0.29, 0.717) is 13.2 Å². The molecule has 5 heteroatoms. The number of fused-ring (bicyclic) bond motifs is 3. The van der Waals surface area contributed by atoms with Crippen LogP contribution in [-0.4, -0.2) is 29.1 Å². The van der Waals surface area contributed by atoms with E-state index >= 15 is 0 Å². The molecule has 0 saturated heterocycles. The van der Waals surface area contributed by atoms with Crippen molar-refractivity contribution in [3.63, 3.8) is 0 Å². The molecule has 1 amide bonds. The van der Waals surface area contributed by atoms with Gasteiger partial charge in [0.25, 0.3) is 0 Å². The Balaban J connectivity index is 1.97. The van der Waals surface area contributed by atoms with Gasteiger partial charge in [0.05, 0.1) is 13.2 Å². The van der Waals surface area contributed by atoms with Gasteiger partial charge in [0.15, 0.2) is 0 Å². The van der Waals surface area contributed by atoms with E-state index in [2.05, 4.69) is 45.8 Å². The van der Waals surface area contributed by atoms with Crippen LogP contribution in [0.1, 0.15) is 18.2 Å². The van der Waals surface area contributed by atoms with Crippen LogP contribution in [0.5, 0.6) is 0 Å². The number of aromatic nitrogens is 1. The lowest BCUT2D eigenvalue weighted by molar-refractivity contribution is 0.103. The zero-order valence-corrected chi connectivity index (χ0v) is 12.9. The third-order valence-corrected chi connectivity index (χ3v) is 4.13. The van der Waals surface area contributed by atoms with Crippen molar-refractivity contribution in [3.8, 4) is 0 Å². The fourth-order valence-corrected chi connectivity index (χ4v) is 3.05. The molecule has 1 aliphatic rings. The smallest absolute Gasteiger partial charge is 0.410 e. The number of aromatic amines is 1. The predicted molar refractivity (Wildman–Crippen MR) is 82.2 cm³/mol. The Hall–Kier alpha value is -1.24. The summed E-state index contributed by atoms with van der Waals surface area (Å²) < 4.78 is 6.29. The average Bonchev–Trinajstić information content (AvgIpc) is 2.76. The first-order valence-electron chi connectivity index (χ1n) is 6.39. The number of carbonyl (C=O) groups is 1. The van der Waals surface area contributed by atoms with Gasteiger partial charge in [0.2, 0.25) is 0 Å². The number of rotatable bonds is 1. The van der Waals surface area contributed by atoms with E-state index < -0.39 is 0 Å². The molecule has 1 N–H and O–H groups in total. The summed E-state index contributed by atoms with van der Waals surface area (Å²) in [7, 11) is 0. The summed E-state index contributed by atoms with van der Waals surface area (Å²) in [5.41, 5.74) is 3.63. The maximum absolute atomic E-state index is 11.8. The summed E-state index contributed by atoms with van der Waals surface area (Å²) in [6.07, 6.45) is 0.646. The molecule has 0 atom stereocenters. The molecule has 0 saturated carbocycles. The normalized spacial score (nSPS) is 14.5. The van der Waals surface area contributed by atoms with Gasteiger partial charge in [-0.25, -0.2) is 4.79 Å². The zero-order chi connectivity index (χ0) is 13.4. The molecule has 0 bridgehead atoms. The molecule has 3 rings (SSSR count). The molecule has 1 aromatic carbocycles. The third-order valence-electron chi connectivity index (χ3n) is 3.46. The molecule has 0 unspecified atom stereocenters. The molecule has 19 heavy (non-hydrogen) atoms. The van der Waals surface area contributed by atoms with E-state index in [1.165, 1.54) is 20.2 Å². The third kappa shape index (κ3) is 2.31. The van der Waals surface area contributed by atoms with Crippen molar-refractivity contribution in [2.24, 2.45) is 0 Å². The number of hydrogen-bond acceptors (Lipinski definition) is 2. The highest BCUT2D eigenvalue weighted by Gasteiger charge is 2.24. The van der Waals surface area contributed by atoms with Crippen molar-refractivity contribution in [1.82, 2.24) is 9.88 Å². The van der Waals surface area contributed by atoms with Crippen LogP contribution in [0.4, 0.5) is 4.79 Å².